The molecular formula is C16H13FN2OS. The lowest BCUT2D eigenvalue weighted by Crippen LogP contribution is -1.85. The smallest absolute Gasteiger partial charge is 0.277 e. The van der Waals surface area contributed by atoms with E-state index >= 15 is 0 Å². The van der Waals surface area contributed by atoms with E-state index in [1.807, 2.05) is 12.1 Å². The molecule has 21 heavy (non-hydrogen) atoms. The standard InChI is InChI=1S/C16H13FN2OS/c1-11-4-2-3-5-13(11)10-21-16-19-18-15(20-16)12-6-8-14(17)9-7-12/h2-9H,10H2,1H3. The molecule has 0 atom stereocenters. The van der Waals surface area contributed by atoms with E-state index in [1.165, 1.54) is 35.0 Å². The largest absolute Gasteiger partial charge is 0.411 e. The summed E-state index contributed by atoms with van der Waals surface area (Å²) in [6.45, 7) is 2.08. The fraction of sp³-hybridized carbons (Fsp3) is 0.125. The summed E-state index contributed by atoms with van der Waals surface area (Å²) < 4.78 is 18.5. The van der Waals surface area contributed by atoms with Gasteiger partial charge in [-0.15, -0.1) is 10.2 Å². The van der Waals surface area contributed by atoms with Gasteiger partial charge in [0.25, 0.3) is 5.22 Å². The molecule has 3 nitrogen and oxygen atoms in total. The minimum absolute atomic E-state index is 0.285. The Kier molecular flexibility index (Phi) is 4.01. The van der Waals surface area contributed by atoms with Crippen LogP contribution in [0.4, 0.5) is 4.39 Å². The van der Waals surface area contributed by atoms with Crippen LogP contribution in [0.3, 0.4) is 0 Å². The highest BCUT2D eigenvalue weighted by atomic mass is 32.2. The molecule has 0 bridgehead atoms. The Labute approximate surface area is 126 Å². The van der Waals surface area contributed by atoms with E-state index in [9.17, 15) is 4.39 Å². The van der Waals surface area contributed by atoms with Crippen LogP contribution in [0.15, 0.2) is 58.2 Å². The number of thioether (sulfide) groups is 1. The highest BCUT2D eigenvalue weighted by molar-refractivity contribution is 7.98. The summed E-state index contributed by atoms with van der Waals surface area (Å²) in [5, 5.41) is 8.51. The molecule has 0 aliphatic rings. The Morgan fingerprint density at radius 2 is 1.81 bits per heavy atom. The summed E-state index contributed by atoms with van der Waals surface area (Å²) >= 11 is 1.49. The predicted octanol–water partition coefficient (Wildman–Crippen LogP) is 4.48. The molecule has 0 spiro atoms. The van der Waals surface area contributed by atoms with Gasteiger partial charge in [-0.1, -0.05) is 36.0 Å². The van der Waals surface area contributed by atoms with E-state index in [4.69, 9.17) is 4.42 Å². The van der Waals surface area contributed by atoms with Crippen LogP contribution in [0.5, 0.6) is 0 Å². The van der Waals surface area contributed by atoms with Gasteiger partial charge in [0.2, 0.25) is 5.89 Å². The maximum absolute atomic E-state index is 12.9. The second-order valence-electron chi connectivity index (χ2n) is 4.60. The topological polar surface area (TPSA) is 38.9 Å². The number of halogens is 1. The average Bonchev–Trinajstić information content (AvgIpc) is 2.96. The number of aromatic nitrogens is 2. The molecule has 0 saturated carbocycles. The molecular weight excluding hydrogens is 287 g/mol. The molecule has 1 aromatic heterocycles. The summed E-state index contributed by atoms with van der Waals surface area (Å²) in [6.07, 6.45) is 0. The number of benzene rings is 2. The fourth-order valence-corrected chi connectivity index (χ4v) is 2.73. The summed E-state index contributed by atoms with van der Waals surface area (Å²) in [7, 11) is 0. The van der Waals surface area contributed by atoms with E-state index in [2.05, 4.69) is 29.3 Å². The molecule has 0 fully saturated rings. The van der Waals surface area contributed by atoms with Gasteiger partial charge in [0, 0.05) is 11.3 Å². The second-order valence-corrected chi connectivity index (χ2v) is 5.52. The third-order valence-electron chi connectivity index (χ3n) is 3.11. The zero-order valence-corrected chi connectivity index (χ0v) is 12.2. The van der Waals surface area contributed by atoms with Gasteiger partial charge in [-0.05, 0) is 42.3 Å². The number of aryl methyl sites for hydroxylation is 1. The van der Waals surface area contributed by atoms with Gasteiger partial charge in [-0.3, -0.25) is 0 Å². The zero-order valence-electron chi connectivity index (χ0n) is 11.4. The molecule has 0 amide bonds. The lowest BCUT2D eigenvalue weighted by atomic mass is 10.1. The zero-order chi connectivity index (χ0) is 14.7. The fourth-order valence-electron chi connectivity index (χ4n) is 1.89. The van der Waals surface area contributed by atoms with Crippen LogP contribution in [-0.4, -0.2) is 10.2 Å². The van der Waals surface area contributed by atoms with Crippen LogP contribution < -0.4 is 0 Å². The van der Waals surface area contributed by atoms with E-state index in [1.54, 1.807) is 12.1 Å². The summed E-state index contributed by atoms with van der Waals surface area (Å²) in [5.74, 6) is 0.896. The van der Waals surface area contributed by atoms with Crippen LogP contribution in [0.2, 0.25) is 0 Å². The predicted molar refractivity (Wildman–Crippen MR) is 80.4 cm³/mol. The van der Waals surface area contributed by atoms with Crippen LogP contribution in [0, 0.1) is 12.7 Å². The monoisotopic (exact) mass is 300 g/mol. The second kappa shape index (κ2) is 6.10. The first kappa shape index (κ1) is 13.8. The number of hydrogen-bond acceptors (Lipinski definition) is 4. The minimum Gasteiger partial charge on any atom is -0.411 e. The van der Waals surface area contributed by atoms with Gasteiger partial charge in [-0.2, -0.15) is 0 Å². The summed E-state index contributed by atoms with van der Waals surface area (Å²) in [6, 6.07) is 14.2. The van der Waals surface area contributed by atoms with Crippen molar-refractivity contribution in [2.75, 3.05) is 0 Å². The summed E-state index contributed by atoms with van der Waals surface area (Å²) in [5.41, 5.74) is 3.19. The van der Waals surface area contributed by atoms with Gasteiger partial charge in [0.05, 0.1) is 0 Å². The Balaban J connectivity index is 1.71. The lowest BCUT2D eigenvalue weighted by Gasteiger charge is -2.02. The van der Waals surface area contributed by atoms with Crippen molar-refractivity contribution in [2.45, 2.75) is 17.9 Å². The Morgan fingerprint density at radius 3 is 2.57 bits per heavy atom. The van der Waals surface area contributed by atoms with Crippen molar-refractivity contribution in [3.63, 3.8) is 0 Å². The van der Waals surface area contributed by atoms with Gasteiger partial charge in [-0.25, -0.2) is 4.39 Å². The first-order chi connectivity index (χ1) is 10.2. The SMILES string of the molecule is Cc1ccccc1CSc1nnc(-c2ccc(F)cc2)o1. The van der Waals surface area contributed by atoms with E-state index < -0.39 is 0 Å². The quantitative estimate of drug-likeness (QED) is 0.666. The molecule has 106 valence electrons. The number of nitrogens with zero attached hydrogens (tertiary/aromatic N) is 2. The third kappa shape index (κ3) is 3.31. The van der Waals surface area contributed by atoms with Gasteiger partial charge >= 0.3 is 0 Å². The van der Waals surface area contributed by atoms with Crippen LogP contribution in [0.1, 0.15) is 11.1 Å². The van der Waals surface area contributed by atoms with Crippen molar-refractivity contribution in [3.05, 3.63) is 65.5 Å². The molecule has 3 aromatic rings. The van der Waals surface area contributed by atoms with E-state index in [-0.39, 0.29) is 5.82 Å². The number of hydrogen-bond donors (Lipinski definition) is 0. The molecule has 1 heterocycles. The molecule has 0 aliphatic carbocycles. The van der Waals surface area contributed by atoms with Crippen LogP contribution in [-0.2, 0) is 5.75 Å². The minimum atomic E-state index is -0.285. The number of rotatable bonds is 4. The van der Waals surface area contributed by atoms with Crippen LogP contribution in [0.25, 0.3) is 11.5 Å². The van der Waals surface area contributed by atoms with Crippen molar-refractivity contribution in [1.29, 1.82) is 0 Å². The Bertz CT molecular complexity index is 740. The molecule has 2 aromatic carbocycles. The molecule has 0 radical (unpaired) electrons. The third-order valence-corrected chi connectivity index (χ3v) is 3.98. The van der Waals surface area contributed by atoms with Crippen molar-refractivity contribution in [2.24, 2.45) is 0 Å². The summed E-state index contributed by atoms with van der Waals surface area (Å²) in [4.78, 5) is 0. The Hall–Kier alpha value is -2.14. The van der Waals surface area contributed by atoms with Crippen molar-refractivity contribution in [3.8, 4) is 11.5 Å². The van der Waals surface area contributed by atoms with Gasteiger partial charge in [0.1, 0.15) is 5.82 Å². The normalized spacial score (nSPS) is 10.8. The lowest BCUT2D eigenvalue weighted by molar-refractivity contribution is 0.465. The maximum atomic E-state index is 12.9. The first-order valence-electron chi connectivity index (χ1n) is 6.49. The van der Waals surface area contributed by atoms with Gasteiger partial charge < -0.3 is 4.42 Å². The Morgan fingerprint density at radius 1 is 1.05 bits per heavy atom. The molecule has 0 saturated heterocycles. The van der Waals surface area contributed by atoms with Crippen molar-refractivity contribution < 1.29 is 8.81 Å². The molecule has 0 aliphatic heterocycles. The van der Waals surface area contributed by atoms with Crippen LogP contribution >= 0.6 is 11.8 Å². The maximum Gasteiger partial charge on any atom is 0.277 e. The molecule has 0 unspecified atom stereocenters. The molecule has 5 heteroatoms. The van der Waals surface area contributed by atoms with E-state index in [0.717, 1.165) is 5.75 Å². The van der Waals surface area contributed by atoms with Crippen molar-refractivity contribution in [1.82, 2.24) is 10.2 Å². The first-order valence-corrected chi connectivity index (χ1v) is 7.48. The highest BCUT2D eigenvalue weighted by Crippen LogP contribution is 2.26. The molecule has 0 N–H and O–H groups in total. The van der Waals surface area contributed by atoms with E-state index in [0.29, 0.717) is 16.7 Å². The highest BCUT2D eigenvalue weighted by Gasteiger charge is 2.09. The van der Waals surface area contributed by atoms with Crippen molar-refractivity contribution >= 4 is 11.8 Å². The van der Waals surface area contributed by atoms with Gasteiger partial charge in [0.15, 0.2) is 0 Å². The average molecular weight is 300 g/mol. The molecule has 3 rings (SSSR count).